The van der Waals surface area contributed by atoms with Gasteiger partial charge in [-0.3, -0.25) is 4.79 Å². The van der Waals surface area contributed by atoms with Gasteiger partial charge in [0, 0.05) is 42.1 Å². The molecule has 7 heteroatoms. The first-order valence-electron chi connectivity index (χ1n) is 9.21. The lowest BCUT2D eigenvalue weighted by Gasteiger charge is -2.18. The highest BCUT2D eigenvalue weighted by Crippen LogP contribution is 2.26. The summed E-state index contributed by atoms with van der Waals surface area (Å²) >= 11 is 0. The summed E-state index contributed by atoms with van der Waals surface area (Å²) in [5, 5.41) is 7.90. The summed E-state index contributed by atoms with van der Waals surface area (Å²) in [5.41, 5.74) is 2.40. The van der Waals surface area contributed by atoms with Crippen molar-refractivity contribution in [3.63, 3.8) is 0 Å². The van der Waals surface area contributed by atoms with Crippen LogP contribution in [0.25, 0.3) is 11.0 Å². The van der Waals surface area contributed by atoms with Gasteiger partial charge in [0.05, 0.1) is 11.8 Å². The van der Waals surface area contributed by atoms with Gasteiger partial charge < -0.3 is 10.2 Å². The molecule has 3 heterocycles. The zero-order valence-electron chi connectivity index (χ0n) is 15.4. The molecular formula is C20H22FN5O. The van der Waals surface area contributed by atoms with Crippen LogP contribution in [-0.4, -0.2) is 33.8 Å². The van der Waals surface area contributed by atoms with Crippen LogP contribution in [-0.2, 0) is 0 Å². The van der Waals surface area contributed by atoms with Crippen molar-refractivity contribution in [1.82, 2.24) is 14.8 Å². The van der Waals surface area contributed by atoms with Gasteiger partial charge in [0.15, 0.2) is 5.65 Å². The molecule has 1 amide bonds. The van der Waals surface area contributed by atoms with Gasteiger partial charge in [0.1, 0.15) is 5.82 Å². The fraction of sp³-hybridized carbons (Fsp3) is 0.350. The summed E-state index contributed by atoms with van der Waals surface area (Å²) in [6.07, 6.45) is 5.44. The van der Waals surface area contributed by atoms with Crippen LogP contribution in [0.4, 0.5) is 15.8 Å². The summed E-state index contributed by atoms with van der Waals surface area (Å²) < 4.78 is 15.8. The predicted octanol–water partition coefficient (Wildman–Crippen LogP) is 4.00. The lowest BCUT2D eigenvalue weighted by molar-refractivity contribution is 0.102. The number of hydrogen-bond acceptors (Lipinski definition) is 4. The summed E-state index contributed by atoms with van der Waals surface area (Å²) in [7, 11) is 0. The summed E-state index contributed by atoms with van der Waals surface area (Å²) in [4.78, 5) is 19.1. The second-order valence-electron chi connectivity index (χ2n) is 7.17. The highest BCUT2D eigenvalue weighted by Gasteiger charge is 2.16. The molecule has 0 unspecified atom stereocenters. The van der Waals surface area contributed by atoms with Crippen molar-refractivity contribution in [2.75, 3.05) is 23.3 Å². The third kappa shape index (κ3) is 3.49. The van der Waals surface area contributed by atoms with Crippen molar-refractivity contribution >= 4 is 28.3 Å². The zero-order valence-corrected chi connectivity index (χ0v) is 15.4. The monoisotopic (exact) mass is 367 g/mol. The molecule has 27 heavy (non-hydrogen) atoms. The number of carbonyl (C=O) groups is 1. The van der Waals surface area contributed by atoms with E-state index in [9.17, 15) is 9.18 Å². The Kier molecular flexibility index (Phi) is 4.51. The molecule has 3 aromatic rings. The quantitative estimate of drug-likeness (QED) is 0.757. The standard InChI is InChI=1S/C20H22FN5O/c1-13(2)26-19-14(12-23-26)7-15(11-22-19)20(27)24-17-8-16(21)9-18(10-17)25-5-3-4-6-25/h7-13H,3-6H2,1-2H3,(H,24,27). The van der Waals surface area contributed by atoms with E-state index in [0.29, 0.717) is 11.3 Å². The highest BCUT2D eigenvalue weighted by atomic mass is 19.1. The highest BCUT2D eigenvalue weighted by molar-refractivity contribution is 6.05. The van der Waals surface area contributed by atoms with Crippen molar-refractivity contribution in [3.05, 3.63) is 48.0 Å². The predicted molar refractivity (Wildman–Crippen MR) is 104 cm³/mol. The summed E-state index contributed by atoms with van der Waals surface area (Å²) in [5.74, 6) is -0.679. The number of fused-ring (bicyclic) bond motifs is 1. The van der Waals surface area contributed by atoms with Crippen LogP contribution in [0.1, 0.15) is 43.1 Å². The Morgan fingerprint density at radius 1 is 1.15 bits per heavy atom. The van der Waals surface area contributed by atoms with E-state index in [-0.39, 0.29) is 17.8 Å². The molecule has 4 rings (SSSR count). The molecule has 1 aliphatic heterocycles. The molecule has 2 aromatic heterocycles. The Hall–Kier alpha value is -2.96. The van der Waals surface area contributed by atoms with E-state index in [1.807, 2.05) is 24.6 Å². The lowest BCUT2D eigenvalue weighted by Crippen LogP contribution is -2.18. The van der Waals surface area contributed by atoms with Crippen LogP contribution >= 0.6 is 0 Å². The molecule has 1 aliphatic rings. The van der Waals surface area contributed by atoms with Gasteiger partial charge in [-0.1, -0.05) is 0 Å². The minimum atomic E-state index is -0.360. The molecule has 0 aliphatic carbocycles. The number of pyridine rings is 1. The van der Waals surface area contributed by atoms with Gasteiger partial charge >= 0.3 is 0 Å². The van der Waals surface area contributed by atoms with Gasteiger partial charge in [-0.2, -0.15) is 5.10 Å². The van der Waals surface area contributed by atoms with Crippen molar-refractivity contribution in [2.45, 2.75) is 32.7 Å². The smallest absolute Gasteiger partial charge is 0.257 e. The molecule has 0 saturated carbocycles. The summed E-state index contributed by atoms with van der Waals surface area (Å²) in [6.45, 7) is 5.88. The van der Waals surface area contributed by atoms with Crippen LogP contribution in [0.15, 0.2) is 36.7 Å². The van der Waals surface area contributed by atoms with Crippen molar-refractivity contribution in [2.24, 2.45) is 0 Å². The number of amides is 1. The maximum absolute atomic E-state index is 14.0. The van der Waals surface area contributed by atoms with Crippen LogP contribution in [0.5, 0.6) is 0 Å². The Labute approximate surface area is 157 Å². The third-order valence-corrected chi connectivity index (χ3v) is 4.80. The van der Waals surface area contributed by atoms with Gasteiger partial charge in [-0.15, -0.1) is 0 Å². The number of nitrogens with zero attached hydrogens (tertiary/aromatic N) is 4. The topological polar surface area (TPSA) is 63.1 Å². The lowest BCUT2D eigenvalue weighted by atomic mass is 10.2. The van der Waals surface area contributed by atoms with Crippen LogP contribution in [0.2, 0.25) is 0 Å². The largest absolute Gasteiger partial charge is 0.371 e. The van der Waals surface area contributed by atoms with Gasteiger partial charge in [-0.05, 0) is 51.0 Å². The Morgan fingerprint density at radius 3 is 2.67 bits per heavy atom. The number of aromatic nitrogens is 3. The molecular weight excluding hydrogens is 345 g/mol. The van der Waals surface area contributed by atoms with Crippen molar-refractivity contribution in [3.8, 4) is 0 Å². The van der Waals surface area contributed by atoms with E-state index in [2.05, 4.69) is 20.3 Å². The molecule has 0 spiro atoms. The number of hydrogen-bond donors (Lipinski definition) is 1. The molecule has 0 atom stereocenters. The SMILES string of the molecule is CC(C)n1ncc2cc(C(=O)Nc3cc(F)cc(N4CCCC4)c3)cnc21. The van der Waals surface area contributed by atoms with Crippen molar-refractivity contribution in [1.29, 1.82) is 0 Å². The average Bonchev–Trinajstić information content (AvgIpc) is 3.30. The molecule has 140 valence electrons. The van der Waals surface area contributed by atoms with E-state index < -0.39 is 0 Å². The fourth-order valence-corrected chi connectivity index (χ4v) is 3.45. The Bertz CT molecular complexity index is 991. The first-order valence-corrected chi connectivity index (χ1v) is 9.21. The Morgan fingerprint density at radius 2 is 1.93 bits per heavy atom. The number of carbonyl (C=O) groups excluding carboxylic acids is 1. The number of rotatable bonds is 4. The van der Waals surface area contributed by atoms with E-state index in [4.69, 9.17) is 0 Å². The number of halogens is 1. The number of benzene rings is 1. The van der Waals surface area contributed by atoms with E-state index in [1.165, 1.54) is 18.3 Å². The number of anilines is 2. The normalized spacial score (nSPS) is 14.3. The fourth-order valence-electron chi connectivity index (χ4n) is 3.45. The molecule has 0 radical (unpaired) electrons. The molecule has 1 N–H and O–H groups in total. The minimum absolute atomic E-state index is 0.186. The first kappa shape index (κ1) is 17.5. The zero-order chi connectivity index (χ0) is 19.0. The van der Waals surface area contributed by atoms with Gasteiger partial charge in [0.2, 0.25) is 0 Å². The van der Waals surface area contributed by atoms with Crippen LogP contribution < -0.4 is 10.2 Å². The molecule has 0 bridgehead atoms. The van der Waals surface area contributed by atoms with Crippen LogP contribution in [0.3, 0.4) is 0 Å². The molecule has 1 fully saturated rings. The maximum atomic E-state index is 14.0. The average molecular weight is 367 g/mol. The first-order chi connectivity index (χ1) is 13.0. The maximum Gasteiger partial charge on any atom is 0.257 e. The second kappa shape index (κ2) is 6.98. The van der Waals surface area contributed by atoms with E-state index >= 15 is 0 Å². The molecule has 1 saturated heterocycles. The van der Waals surface area contributed by atoms with Crippen molar-refractivity contribution < 1.29 is 9.18 Å². The van der Waals surface area contributed by atoms with Gasteiger partial charge in [0.25, 0.3) is 5.91 Å². The minimum Gasteiger partial charge on any atom is -0.371 e. The van der Waals surface area contributed by atoms with E-state index in [1.54, 1.807) is 12.3 Å². The summed E-state index contributed by atoms with van der Waals surface area (Å²) in [6, 6.07) is 6.60. The molecule has 6 nitrogen and oxygen atoms in total. The second-order valence-corrected chi connectivity index (χ2v) is 7.17. The Balaban J connectivity index is 1.57. The third-order valence-electron chi connectivity index (χ3n) is 4.80. The van der Waals surface area contributed by atoms with Crippen LogP contribution in [0, 0.1) is 5.82 Å². The number of nitrogens with one attached hydrogen (secondary N) is 1. The van der Waals surface area contributed by atoms with E-state index in [0.717, 1.165) is 42.7 Å². The molecule has 1 aromatic carbocycles. The van der Waals surface area contributed by atoms with Gasteiger partial charge in [-0.25, -0.2) is 14.1 Å².